The molecule has 0 N–H and O–H groups in total. The number of ether oxygens (including phenoxy) is 1. The Balaban J connectivity index is 1.60. The number of rotatable bonds is 6. The lowest BCUT2D eigenvalue weighted by molar-refractivity contribution is 0.0953. The van der Waals surface area contributed by atoms with Gasteiger partial charge in [0.15, 0.2) is 11.0 Å². The molecule has 0 saturated carbocycles. The Hall–Kier alpha value is -1.90. The van der Waals surface area contributed by atoms with Gasteiger partial charge in [-0.2, -0.15) is 0 Å². The first-order valence-electron chi connectivity index (χ1n) is 8.41. The molecule has 7 nitrogen and oxygen atoms in total. The maximum Gasteiger partial charge on any atom is 0.226 e. The third kappa shape index (κ3) is 3.92. The van der Waals surface area contributed by atoms with Crippen molar-refractivity contribution in [3.05, 3.63) is 41.1 Å². The Labute approximate surface area is 160 Å². The molecule has 3 heterocycles. The maximum absolute atomic E-state index is 6.01. The molecule has 0 radical (unpaired) electrons. The molecule has 1 aliphatic rings. The van der Waals surface area contributed by atoms with E-state index in [9.17, 15) is 0 Å². The normalized spacial score (nSPS) is 17.1. The van der Waals surface area contributed by atoms with Crippen LogP contribution in [0, 0.1) is 6.92 Å². The van der Waals surface area contributed by atoms with E-state index in [4.69, 9.17) is 20.8 Å². The number of aromatic nitrogens is 5. The predicted octanol–water partition coefficient (Wildman–Crippen LogP) is 3.76. The van der Waals surface area contributed by atoms with Crippen molar-refractivity contribution in [1.29, 1.82) is 0 Å². The highest BCUT2D eigenvalue weighted by Crippen LogP contribution is 2.28. The molecule has 0 bridgehead atoms. The Kier molecular flexibility index (Phi) is 5.23. The summed E-state index contributed by atoms with van der Waals surface area (Å²) in [6.07, 6.45) is 2.32. The summed E-state index contributed by atoms with van der Waals surface area (Å²) in [5.41, 5.74) is 0.973. The van der Waals surface area contributed by atoms with Gasteiger partial charge in [-0.3, -0.25) is 4.57 Å². The van der Waals surface area contributed by atoms with Crippen LogP contribution in [0.5, 0.6) is 0 Å². The molecule has 1 fully saturated rings. The summed E-state index contributed by atoms with van der Waals surface area (Å²) in [6, 6.07) is 7.62. The van der Waals surface area contributed by atoms with Gasteiger partial charge in [-0.1, -0.05) is 23.4 Å². The number of nitrogens with zero attached hydrogens (tertiary/aromatic N) is 5. The van der Waals surface area contributed by atoms with Crippen molar-refractivity contribution in [2.45, 2.75) is 43.3 Å². The largest absolute Gasteiger partial charge is 0.425 e. The predicted molar refractivity (Wildman–Crippen MR) is 98.0 cm³/mol. The summed E-state index contributed by atoms with van der Waals surface area (Å²) in [5, 5.41) is 18.2. The highest BCUT2D eigenvalue weighted by Gasteiger charge is 2.22. The van der Waals surface area contributed by atoms with Crippen molar-refractivity contribution < 1.29 is 9.15 Å². The Morgan fingerprint density at radius 3 is 2.73 bits per heavy atom. The van der Waals surface area contributed by atoms with Gasteiger partial charge < -0.3 is 9.15 Å². The number of halogens is 1. The molecule has 26 heavy (non-hydrogen) atoms. The van der Waals surface area contributed by atoms with Crippen LogP contribution in [-0.2, 0) is 17.0 Å². The zero-order chi connectivity index (χ0) is 17.9. The van der Waals surface area contributed by atoms with Crippen LogP contribution in [0.3, 0.4) is 0 Å². The molecule has 1 aliphatic heterocycles. The fourth-order valence-corrected chi connectivity index (χ4v) is 3.80. The SMILES string of the molecule is Cc1nnc(CSc2nnc(-c3ccc(Cl)cc3)n2CC2CCCO2)o1. The van der Waals surface area contributed by atoms with Crippen LogP contribution in [0.1, 0.15) is 24.6 Å². The van der Waals surface area contributed by atoms with Crippen molar-refractivity contribution in [3.63, 3.8) is 0 Å². The number of aryl methyl sites for hydroxylation is 1. The third-order valence-corrected chi connectivity index (χ3v) is 5.33. The van der Waals surface area contributed by atoms with E-state index in [0.717, 1.165) is 42.5 Å². The second-order valence-corrected chi connectivity index (χ2v) is 7.44. The molecular weight excluding hydrogens is 374 g/mol. The van der Waals surface area contributed by atoms with Crippen LogP contribution in [0.25, 0.3) is 11.4 Å². The molecule has 1 atom stereocenters. The van der Waals surface area contributed by atoms with Crippen LogP contribution in [0.15, 0.2) is 33.8 Å². The van der Waals surface area contributed by atoms with Crippen LogP contribution in [0.2, 0.25) is 5.02 Å². The van der Waals surface area contributed by atoms with Crippen molar-refractivity contribution in [3.8, 4) is 11.4 Å². The van der Waals surface area contributed by atoms with Gasteiger partial charge in [-0.15, -0.1) is 20.4 Å². The smallest absolute Gasteiger partial charge is 0.226 e. The minimum Gasteiger partial charge on any atom is -0.425 e. The molecular formula is C17H18ClN5O2S. The number of hydrogen-bond acceptors (Lipinski definition) is 7. The Morgan fingerprint density at radius 2 is 2.04 bits per heavy atom. The molecule has 3 aromatic rings. The fourth-order valence-electron chi connectivity index (χ4n) is 2.89. The third-order valence-electron chi connectivity index (χ3n) is 4.12. The summed E-state index contributed by atoms with van der Waals surface area (Å²) < 4.78 is 13.4. The molecule has 0 aliphatic carbocycles. The molecule has 1 saturated heterocycles. The molecule has 1 unspecified atom stereocenters. The first-order chi connectivity index (χ1) is 12.7. The molecule has 2 aromatic heterocycles. The van der Waals surface area contributed by atoms with Crippen molar-refractivity contribution >= 4 is 23.4 Å². The summed E-state index contributed by atoms with van der Waals surface area (Å²) in [6.45, 7) is 3.31. The van der Waals surface area contributed by atoms with Gasteiger partial charge >= 0.3 is 0 Å². The van der Waals surface area contributed by atoms with Crippen LogP contribution in [-0.4, -0.2) is 37.7 Å². The van der Waals surface area contributed by atoms with Gasteiger partial charge in [0, 0.05) is 24.1 Å². The molecule has 4 rings (SSSR count). The van der Waals surface area contributed by atoms with Gasteiger partial charge in [0.2, 0.25) is 11.8 Å². The first kappa shape index (κ1) is 17.5. The molecule has 9 heteroatoms. The highest BCUT2D eigenvalue weighted by atomic mass is 35.5. The molecule has 0 spiro atoms. The van der Waals surface area contributed by atoms with E-state index < -0.39 is 0 Å². The van der Waals surface area contributed by atoms with E-state index in [2.05, 4.69) is 25.0 Å². The number of benzene rings is 1. The van der Waals surface area contributed by atoms with E-state index in [-0.39, 0.29) is 6.10 Å². The van der Waals surface area contributed by atoms with E-state index >= 15 is 0 Å². The highest BCUT2D eigenvalue weighted by molar-refractivity contribution is 7.98. The zero-order valence-corrected chi connectivity index (χ0v) is 15.8. The van der Waals surface area contributed by atoms with Crippen LogP contribution < -0.4 is 0 Å². The van der Waals surface area contributed by atoms with E-state index in [1.165, 1.54) is 11.8 Å². The van der Waals surface area contributed by atoms with Crippen molar-refractivity contribution in [1.82, 2.24) is 25.0 Å². The van der Waals surface area contributed by atoms with Gasteiger partial charge in [0.25, 0.3) is 0 Å². The monoisotopic (exact) mass is 391 g/mol. The average Bonchev–Trinajstić information content (AvgIpc) is 3.37. The molecule has 1 aromatic carbocycles. The number of thioether (sulfide) groups is 1. The lowest BCUT2D eigenvalue weighted by Crippen LogP contribution is -2.16. The Bertz CT molecular complexity index is 874. The summed E-state index contributed by atoms with van der Waals surface area (Å²) in [4.78, 5) is 0. The van der Waals surface area contributed by atoms with E-state index in [1.54, 1.807) is 6.92 Å². The van der Waals surface area contributed by atoms with Gasteiger partial charge in [0.1, 0.15) is 0 Å². The second kappa shape index (κ2) is 7.77. The van der Waals surface area contributed by atoms with Gasteiger partial charge in [-0.25, -0.2) is 0 Å². The molecule has 0 amide bonds. The first-order valence-corrected chi connectivity index (χ1v) is 9.78. The van der Waals surface area contributed by atoms with Crippen LogP contribution >= 0.6 is 23.4 Å². The lowest BCUT2D eigenvalue weighted by Gasteiger charge is -2.14. The topological polar surface area (TPSA) is 78.9 Å². The lowest BCUT2D eigenvalue weighted by atomic mass is 10.2. The van der Waals surface area contributed by atoms with Crippen molar-refractivity contribution in [2.75, 3.05) is 6.61 Å². The average molecular weight is 392 g/mol. The Morgan fingerprint density at radius 1 is 1.19 bits per heavy atom. The summed E-state index contributed by atoms with van der Waals surface area (Å²) in [7, 11) is 0. The standard InChI is InChI=1S/C17H18ClN5O2S/c1-11-19-20-15(25-11)10-26-17-22-21-16(12-4-6-13(18)7-5-12)23(17)9-14-3-2-8-24-14/h4-7,14H,2-3,8-10H2,1H3. The quantitative estimate of drug-likeness (QED) is 0.592. The van der Waals surface area contributed by atoms with Crippen molar-refractivity contribution in [2.24, 2.45) is 0 Å². The molecule has 136 valence electrons. The second-order valence-electron chi connectivity index (χ2n) is 6.06. The van der Waals surface area contributed by atoms with E-state index in [0.29, 0.717) is 22.6 Å². The maximum atomic E-state index is 6.01. The van der Waals surface area contributed by atoms with Crippen LogP contribution in [0.4, 0.5) is 0 Å². The van der Waals surface area contributed by atoms with Gasteiger partial charge in [0.05, 0.1) is 18.4 Å². The number of hydrogen-bond donors (Lipinski definition) is 0. The summed E-state index contributed by atoms with van der Waals surface area (Å²) >= 11 is 7.54. The zero-order valence-electron chi connectivity index (χ0n) is 14.3. The summed E-state index contributed by atoms with van der Waals surface area (Å²) in [5.74, 6) is 2.49. The minimum atomic E-state index is 0.182. The van der Waals surface area contributed by atoms with Gasteiger partial charge in [-0.05, 0) is 37.1 Å². The fraction of sp³-hybridized carbons (Fsp3) is 0.412. The van der Waals surface area contributed by atoms with E-state index in [1.807, 2.05) is 24.3 Å². The minimum absolute atomic E-state index is 0.182.